The molecule has 0 radical (unpaired) electrons. The molecule has 0 aliphatic rings. The molecule has 0 aromatic heterocycles. The Labute approximate surface area is 114 Å². The van der Waals surface area contributed by atoms with Crippen LogP contribution in [-0.4, -0.2) is 7.11 Å². The first-order valence-corrected chi connectivity index (χ1v) is 6.29. The van der Waals surface area contributed by atoms with Crippen LogP contribution in [0.2, 0.25) is 0 Å². The lowest BCUT2D eigenvalue weighted by molar-refractivity contribution is 0.0525. The molecule has 0 aliphatic carbocycles. The van der Waals surface area contributed by atoms with Gasteiger partial charge in [-0.15, -0.1) is 0 Å². The zero-order valence-corrected chi connectivity index (χ0v) is 11.3. The second-order valence-electron chi connectivity index (χ2n) is 4.47. The van der Waals surface area contributed by atoms with Gasteiger partial charge >= 0.3 is 0 Å². The average Bonchev–Trinajstić information content (AvgIpc) is 2.45. The summed E-state index contributed by atoms with van der Waals surface area (Å²) in [7, 11) is 1.66. The fraction of sp³-hybridized carbons (Fsp3) is 0.250. The number of nitrogen functional groups attached to an aromatic ring is 1. The Hall–Kier alpha value is -2.00. The number of hydrogen-bond acceptors (Lipinski definition) is 3. The van der Waals surface area contributed by atoms with Crippen LogP contribution in [0.3, 0.4) is 0 Å². The van der Waals surface area contributed by atoms with E-state index in [1.54, 1.807) is 7.11 Å². The van der Waals surface area contributed by atoms with E-state index in [1.807, 2.05) is 55.5 Å². The first kappa shape index (κ1) is 13.4. The lowest BCUT2D eigenvalue weighted by atomic mass is 10.1. The van der Waals surface area contributed by atoms with Crippen molar-refractivity contribution < 1.29 is 9.47 Å². The van der Waals surface area contributed by atoms with E-state index in [2.05, 4.69) is 0 Å². The first-order chi connectivity index (χ1) is 9.19. The average molecular weight is 257 g/mol. The van der Waals surface area contributed by atoms with E-state index in [4.69, 9.17) is 15.2 Å². The number of anilines is 1. The van der Waals surface area contributed by atoms with Gasteiger partial charge in [0.25, 0.3) is 0 Å². The lowest BCUT2D eigenvalue weighted by Crippen LogP contribution is -2.01. The van der Waals surface area contributed by atoms with E-state index in [9.17, 15) is 0 Å². The minimum atomic E-state index is 0.00898. The quantitative estimate of drug-likeness (QED) is 0.833. The van der Waals surface area contributed by atoms with Gasteiger partial charge < -0.3 is 15.2 Å². The molecule has 1 atom stereocenters. The van der Waals surface area contributed by atoms with E-state index in [0.29, 0.717) is 6.61 Å². The molecular formula is C16H19NO2. The summed E-state index contributed by atoms with van der Waals surface area (Å²) in [5.41, 5.74) is 8.71. The summed E-state index contributed by atoms with van der Waals surface area (Å²) >= 11 is 0. The highest BCUT2D eigenvalue weighted by Crippen LogP contribution is 2.21. The van der Waals surface area contributed by atoms with E-state index in [1.165, 1.54) is 0 Å². The molecule has 0 saturated heterocycles. The largest absolute Gasteiger partial charge is 0.497 e. The van der Waals surface area contributed by atoms with E-state index in [0.717, 1.165) is 22.6 Å². The van der Waals surface area contributed by atoms with Crippen LogP contribution >= 0.6 is 0 Å². The van der Waals surface area contributed by atoms with Gasteiger partial charge in [-0.2, -0.15) is 0 Å². The maximum absolute atomic E-state index is 5.86. The molecule has 2 N–H and O–H groups in total. The molecule has 100 valence electrons. The minimum absolute atomic E-state index is 0.00898. The van der Waals surface area contributed by atoms with Crippen molar-refractivity contribution in [2.75, 3.05) is 12.8 Å². The van der Waals surface area contributed by atoms with Gasteiger partial charge in [0.1, 0.15) is 5.75 Å². The van der Waals surface area contributed by atoms with E-state index in [-0.39, 0.29) is 6.10 Å². The predicted molar refractivity (Wildman–Crippen MR) is 77.1 cm³/mol. The van der Waals surface area contributed by atoms with Crippen molar-refractivity contribution in [2.45, 2.75) is 19.6 Å². The van der Waals surface area contributed by atoms with Crippen LogP contribution in [0.25, 0.3) is 0 Å². The van der Waals surface area contributed by atoms with Crippen LogP contribution in [0.15, 0.2) is 48.5 Å². The summed E-state index contributed by atoms with van der Waals surface area (Å²) < 4.78 is 11.0. The molecule has 2 aromatic rings. The highest BCUT2D eigenvalue weighted by molar-refractivity contribution is 5.41. The maximum Gasteiger partial charge on any atom is 0.119 e. The van der Waals surface area contributed by atoms with Gasteiger partial charge in [-0.05, 0) is 42.3 Å². The second-order valence-corrected chi connectivity index (χ2v) is 4.47. The highest BCUT2D eigenvalue weighted by atomic mass is 16.5. The Morgan fingerprint density at radius 1 is 1.11 bits per heavy atom. The number of hydrogen-bond donors (Lipinski definition) is 1. The van der Waals surface area contributed by atoms with E-state index < -0.39 is 0 Å². The van der Waals surface area contributed by atoms with Gasteiger partial charge in [-0.1, -0.05) is 24.3 Å². The van der Waals surface area contributed by atoms with Gasteiger partial charge in [0.2, 0.25) is 0 Å². The van der Waals surface area contributed by atoms with Crippen molar-refractivity contribution >= 4 is 5.69 Å². The van der Waals surface area contributed by atoms with Gasteiger partial charge in [0, 0.05) is 5.69 Å². The lowest BCUT2D eigenvalue weighted by Gasteiger charge is -2.14. The summed E-state index contributed by atoms with van der Waals surface area (Å²) in [6, 6.07) is 15.7. The summed E-state index contributed by atoms with van der Waals surface area (Å²) in [5, 5.41) is 0. The molecular weight excluding hydrogens is 238 g/mol. The smallest absolute Gasteiger partial charge is 0.119 e. The van der Waals surface area contributed by atoms with E-state index >= 15 is 0 Å². The molecule has 0 fully saturated rings. The highest BCUT2D eigenvalue weighted by Gasteiger charge is 2.06. The van der Waals surface area contributed by atoms with Gasteiger partial charge in [-0.3, -0.25) is 0 Å². The molecule has 3 heteroatoms. The standard InChI is InChI=1S/C16H19NO2/c1-12(14-6-4-7-15(17)10-14)19-11-13-5-3-8-16(9-13)18-2/h3-10,12H,11,17H2,1-2H3. The van der Waals surface area contributed by atoms with Crippen molar-refractivity contribution in [3.8, 4) is 5.75 Å². The Balaban J connectivity index is 1.98. The third kappa shape index (κ3) is 3.73. The van der Waals surface area contributed by atoms with Crippen molar-refractivity contribution in [3.63, 3.8) is 0 Å². The van der Waals surface area contributed by atoms with Crippen LogP contribution in [0.1, 0.15) is 24.2 Å². The predicted octanol–water partition coefficient (Wildman–Crippen LogP) is 3.56. The summed E-state index contributed by atoms with van der Waals surface area (Å²) in [4.78, 5) is 0. The number of rotatable bonds is 5. The van der Waals surface area contributed by atoms with Crippen LogP contribution in [0.5, 0.6) is 5.75 Å². The Morgan fingerprint density at radius 2 is 1.89 bits per heavy atom. The van der Waals surface area contributed by atoms with Crippen molar-refractivity contribution in [2.24, 2.45) is 0 Å². The molecule has 0 bridgehead atoms. The monoisotopic (exact) mass is 257 g/mol. The number of nitrogens with two attached hydrogens (primary N) is 1. The first-order valence-electron chi connectivity index (χ1n) is 6.29. The minimum Gasteiger partial charge on any atom is -0.497 e. The number of methoxy groups -OCH3 is 1. The van der Waals surface area contributed by atoms with Crippen LogP contribution in [-0.2, 0) is 11.3 Å². The molecule has 2 rings (SSSR count). The fourth-order valence-electron chi connectivity index (χ4n) is 1.89. The fourth-order valence-corrected chi connectivity index (χ4v) is 1.89. The van der Waals surface area contributed by atoms with Crippen LogP contribution in [0.4, 0.5) is 5.69 Å². The maximum atomic E-state index is 5.86. The molecule has 0 heterocycles. The molecule has 0 saturated carbocycles. The Morgan fingerprint density at radius 3 is 2.63 bits per heavy atom. The SMILES string of the molecule is COc1cccc(COC(C)c2cccc(N)c2)c1. The molecule has 1 unspecified atom stereocenters. The third-order valence-electron chi connectivity index (χ3n) is 3.01. The van der Waals surface area contributed by atoms with Crippen molar-refractivity contribution in [1.29, 1.82) is 0 Å². The Kier molecular flexibility index (Phi) is 4.42. The molecule has 0 amide bonds. The summed E-state index contributed by atoms with van der Waals surface area (Å²) in [6.07, 6.45) is 0.00898. The van der Waals surface area contributed by atoms with Gasteiger partial charge in [-0.25, -0.2) is 0 Å². The number of ether oxygens (including phenoxy) is 2. The molecule has 0 aliphatic heterocycles. The molecule has 3 nitrogen and oxygen atoms in total. The molecule has 19 heavy (non-hydrogen) atoms. The molecule has 2 aromatic carbocycles. The normalized spacial score (nSPS) is 12.1. The third-order valence-corrected chi connectivity index (χ3v) is 3.01. The number of benzene rings is 2. The van der Waals surface area contributed by atoms with Crippen molar-refractivity contribution in [1.82, 2.24) is 0 Å². The second kappa shape index (κ2) is 6.25. The zero-order valence-electron chi connectivity index (χ0n) is 11.3. The molecule has 0 spiro atoms. The van der Waals surface area contributed by atoms with Crippen molar-refractivity contribution in [3.05, 3.63) is 59.7 Å². The van der Waals surface area contributed by atoms with Gasteiger partial charge in [0.05, 0.1) is 19.8 Å². The zero-order chi connectivity index (χ0) is 13.7. The van der Waals surface area contributed by atoms with Crippen LogP contribution in [0, 0.1) is 0 Å². The van der Waals surface area contributed by atoms with Gasteiger partial charge in [0.15, 0.2) is 0 Å². The van der Waals surface area contributed by atoms with Crippen LogP contribution < -0.4 is 10.5 Å². The Bertz CT molecular complexity index is 540. The summed E-state index contributed by atoms with van der Waals surface area (Å²) in [6.45, 7) is 2.57. The topological polar surface area (TPSA) is 44.5 Å². The summed E-state index contributed by atoms with van der Waals surface area (Å²) in [5.74, 6) is 0.845.